The molecule has 0 aliphatic carbocycles. The highest BCUT2D eigenvalue weighted by Crippen LogP contribution is 2.33. The number of aromatic nitrogens is 4. The van der Waals surface area contributed by atoms with E-state index in [0.717, 1.165) is 24.9 Å². The summed E-state index contributed by atoms with van der Waals surface area (Å²) in [4.78, 5) is 2.37. The van der Waals surface area contributed by atoms with Crippen LogP contribution in [0.4, 0.5) is 0 Å². The van der Waals surface area contributed by atoms with Crippen molar-refractivity contribution in [1.82, 2.24) is 24.9 Å². The highest BCUT2D eigenvalue weighted by molar-refractivity contribution is 6.30. The lowest BCUT2D eigenvalue weighted by molar-refractivity contribution is 0.224. The molecule has 3 aromatic rings. The van der Waals surface area contributed by atoms with Crippen molar-refractivity contribution in [3.05, 3.63) is 53.1 Å². The zero-order valence-electron chi connectivity index (χ0n) is 13.4. The molecule has 1 aliphatic rings. The molecule has 7 heteroatoms. The van der Waals surface area contributed by atoms with E-state index in [4.69, 9.17) is 16.0 Å². The smallest absolute Gasteiger partial charge is 0.247 e. The molecule has 0 saturated carbocycles. The molecule has 0 spiro atoms. The number of aryl methyl sites for hydroxylation is 1. The third kappa shape index (κ3) is 3.07. The van der Waals surface area contributed by atoms with Crippen LogP contribution in [-0.2, 0) is 13.6 Å². The minimum absolute atomic E-state index is 0.361. The Morgan fingerprint density at radius 3 is 3.04 bits per heavy atom. The average Bonchev–Trinajstić information content (AvgIpc) is 3.28. The van der Waals surface area contributed by atoms with Crippen molar-refractivity contribution in [3.8, 4) is 11.5 Å². The summed E-state index contributed by atoms with van der Waals surface area (Å²) in [6.07, 6.45) is 6.30. The van der Waals surface area contributed by atoms with E-state index in [0.29, 0.717) is 29.4 Å². The number of likely N-dealkylation sites (tertiary alicyclic amines) is 1. The standard InChI is InChI=1S/C17H18ClN5O/c1-22-10-13(9-19-22)15-6-3-7-23(15)11-16-20-21-17(24-16)12-4-2-5-14(18)8-12/h2,4-5,8-10,15H,3,6-7,11H2,1H3. The molecule has 1 aliphatic heterocycles. The third-order valence-electron chi connectivity index (χ3n) is 4.35. The molecule has 2 aromatic heterocycles. The van der Waals surface area contributed by atoms with E-state index in [1.54, 1.807) is 0 Å². The van der Waals surface area contributed by atoms with Crippen molar-refractivity contribution in [1.29, 1.82) is 0 Å². The Kier molecular flexibility index (Phi) is 4.08. The topological polar surface area (TPSA) is 60.0 Å². The van der Waals surface area contributed by atoms with Crippen LogP contribution in [0.25, 0.3) is 11.5 Å². The first-order valence-electron chi connectivity index (χ1n) is 8.00. The second-order valence-corrected chi connectivity index (χ2v) is 6.52. The molecule has 124 valence electrons. The monoisotopic (exact) mass is 343 g/mol. The Balaban J connectivity index is 1.51. The van der Waals surface area contributed by atoms with Crippen molar-refractivity contribution in [3.63, 3.8) is 0 Å². The normalized spacial score (nSPS) is 18.3. The van der Waals surface area contributed by atoms with Crippen LogP contribution in [0.5, 0.6) is 0 Å². The average molecular weight is 344 g/mol. The number of benzene rings is 1. The van der Waals surface area contributed by atoms with Gasteiger partial charge < -0.3 is 4.42 Å². The molecule has 1 aromatic carbocycles. The molecule has 0 amide bonds. The van der Waals surface area contributed by atoms with Crippen molar-refractivity contribution in [2.24, 2.45) is 7.05 Å². The van der Waals surface area contributed by atoms with E-state index < -0.39 is 0 Å². The predicted octanol–water partition coefficient (Wildman–Crippen LogP) is 3.46. The van der Waals surface area contributed by atoms with E-state index in [1.165, 1.54) is 5.56 Å². The van der Waals surface area contributed by atoms with Gasteiger partial charge in [0.05, 0.1) is 12.7 Å². The van der Waals surface area contributed by atoms with Gasteiger partial charge in [0, 0.05) is 35.4 Å². The summed E-state index contributed by atoms with van der Waals surface area (Å²) in [5.74, 6) is 1.13. The maximum absolute atomic E-state index is 6.02. The third-order valence-corrected chi connectivity index (χ3v) is 4.59. The van der Waals surface area contributed by atoms with Crippen LogP contribution in [0, 0.1) is 0 Å². The summed E-state index contributed by atoms with van der Waals surface area (Å²) in [7, 11) is 1.94. The van der Waals surface area contributed by atoms with Crippen molar-refractivity contribution < 1.29 is 4.42 Å². The van der Waals surface area contributed by atoms with E-state index >= 15 is 0 Å². The van der Waals surface area contributed by atoms with Gasteiger partial charge in [-0.3, -0.25) is 9.58 Å². The van der Waals surface area contributed by atoms with Gasteiger partial charge in [-0.15, -0.1) is 10.2 Å². The summed E-state index contributed by atoms with van der Waals surface area (Å²) in [6.45, 7) is 1.67. The molecule has 0 N–H and O–H groups in total. The van der Waals surface area contributed by atoms with Crippen LogP contribution >= 0.6 is 11.6 Å². The van der Waals surface area contributed by atoms with E-state index in [-0.39, 0.29) is 0 Å². The van der Waals surface area contributed by atoms with Crippen molar-refractivity contribution in [2.45, 2.75) is 25.4 Å². The lowest BCUT2D eigenvalue weighted by Crippen LogP contribution is -2.22. The quantitative estimate of drug-likeness (QED) is 0.726. The van der Waals surface area contributed by atoms with E-state index in [2.05, 4.69) is 26.4 Å². The van der Waals surface area contributed by atoms with Crippen LogP contribution in [0.2, 0.25) is 5.02 Å². The lowest BCUT2D eigenvalue weighted by Gasteiger charge is -2.21. The molecule has 1 atom stereocenters. The number of nitrogens with zero attached hydrogens (tertiary/aromatic N) is 5. The van der Waals surface area contributed by atoms with Crippen LogP contribution in [0.15, 0.2) is 41.1 Å². The lowest BCUT2D eigenvalue weighted by atomic mass is 10.1. The van der Waals surface area contributed by atoms with E-state index in [9.17, 15) is 0 Å². The highest BCUT2D eigenvalue weighted by atomic mass is 35.5. The summed E-state index contributed by atoms with van der Waals surface area (Å²) < 4.78 is 7.68. The zero-order chi connectivity index (χ0) is 16.5. The Labute approximate surface area is 145 Å². The largest absolute Gasteiger partial charge is 0.419 e. The second kappa shape index (κ2) is 6.37. The fourth-order valence-corrected chi connectivity index (χ4v) is 3.42. The van der Waals surface area contributed by atoms with Crippen molar-refractivity contribution in [2.75, 3.05) is 6.54 Å². The van der Waals surface area contributed by atoms with Gasteiger partial charge >= 0.3 is 0 Å². The van der Waals surface area contributed by atoms with Gasteiger partial charge in [0.2, 0.25) is 11.8 Å². The number of rotatable bonds is 4. The van der Waals surface area contributed by atoms with Gasteiger partial charge in [-0.25, -0.2) is 0 Å². The summed E-state index contributed by atoms with van der Waals surface area (Å²) in [5, 5.41) is 13.3. The predicted molar refractivity (Wildman–Crippen MR) is 90.3 cm³/mol. The molecular formula is C17H18ClN5O. The fourth-order valence-electron chi connectivity index (χ4n) is 3.23. The van der Waals surface area contributed by atoms with Crippen LogP contribution in [0.3, 0.4) is 0 Å². The first kappa shape index (κ1) is 15.4. The molecule has 3 heterocycles. The van der Waals surface area contributed by atoms with Crippen molar-refractivity contribution >= 4 is 11.6 Å². The Hall–Kier alpha value is -2.18. The minimum atomic E-state index is 0.361. The summed E-state index contributed by atoms with van der Waals surface area (Å²) >= 11 is 6.02. The summed E-state index contributed by atoms with van der Waals surface area (Å²) in [5.41, 5.74) is 2.08. The van der Waals surface area contributed by atoms with Gasteiger partial charge in [0.25, 0.3) is 0 Å². The first-order chi connectivity index (χ1) is 11.7. The van der Waals surface area contributed by atoms with Gasteiger partial charge in [-0.05, 0) is 37.6 Å². The molecule has 1 fully saturated rings. The number of halogens is 1. The molecule has 0 radical (unpaired) electrons. The van der Waals surface area contributed by atoms with Gasteiger partial charge in [0.1, 0.15) is 0 Å². The first-order valence-corrected chi connectivity index (χ1v) is 8.38. The number of hydrogen-bond donors (Lipinski definition) is 0. The maximum Gasteiger partial charge on any atom is 0.247 e. The minimum Gasteiger partial charge on any atom is -0.419 e. The molecule has 6 nitrogen and oxygen atoms in total. The Morgan fingerprint density at radius 1 is 1.33 bits per heavy atom. The Bertz CT molecular complexity index is 843. The zero-order valence-corrected chi connectivity index (χ0v) is 14.1. The maximum atomic E-state index is 6.02. The fraction of sp³-hybridized carbons (Fsp3) is 0.353. The van der Waals surface area contributed by atoms with Crippen LogP contribution < -0.4 is 0 Å². The van der Waals surface area contributed by atoms with E-state index in [1.807, 2.05) is 42.2 Å². The molecule has 1 saturated heterocycles. The highest BCUT2D eigenvalue weighted by Gasteiger charge is 2.28. The SMILES string of the molecule is Cn1cc(C2CCCN2Cc2nnc(-c3cccc(Cl)c3)o2)cn1. The van der Waals surface area contributed by atoms with Crippen LogP contribution in [0.1, 0.15) is 30.3 Å². The molecule has 4 rings (SSSR count). The molecule has 1 unspecified atom stereocenters. The molecular weight excluding hydrogens is 326 g/mol. The van der Waals surface area contributed by atoms with Crippen LogP contribution in [-0.4, -0.2) is 31.4 Å². The Morgan fingerprint density at radius 2 is 2.25 bits per heavy atom. The molecule has 0 bridgehead atoms. The summed E-state index contributed by atoms with van der Waals surface area (Å²) in [6, 6.07) is 7.80. The van der Waals surface area contributed by atoms with Gasteiger partial charge in [-0.1, -0.05) is 17.7 Å². The van der Waals surface area contributed by atoms with Gasteiger partial charge in [0.15, 0.2) is 0 Å². The molecule has 24 heavy (non-hydrogen) atoms. The second-order valence-electron chi connectivity index (χ2n) is 6.09. The van der Waals surface area contributed by atoms with Gasteiger partial charge in [-0.2, -0.15) is 5.10 Å². The number of hydrogen-bond acceptors (Lipinski definition) is 5.